The molecular formula is C15H18N2O2S. The van der Waals surface area contributed by atoms with E-state index in [2.05, 4.69) is 10.5 Å². The predicted molar refractivity (Wildman–Crippen MR) is 81.8 cm³/mol. The van der Waals surface area contributed by atoms with Gasteiger partial charge in [0.25, 0.3) is 0 Å². The van der Waals surface area contributed by atoms with Gasteiger partial charge in [-0.2, -0.15) is 5.10 Å². The maximum atomic E-state index is 11.8. The Kier molecular flexibility index (Phi) is 4.62. The molecule has 0 saturated heterocycles. The van der Waals surface area contributed by atoms with Gasteiger partial charge in [-0.15, -0.1) is 0 Å². The summed E-state index contributed by atoms with van der Waals surface area (Å²) in [5, 5.41) is 4.10. The molecule has 0 aromatic heterocycles. The van der Waals surface area contributed by atoms with Crippen molar-refractivity contribution < 1.29 is 9.35 Å². The van der Waals surface area contributed by atoms with Gasteiger partial charge in [0.15, 0.2) is 4.90 Å². The standard InChI is InChI=1S/C15H18N2O2S/c1-10(8-13-11(2)9-15(18)17-16-13)12-6-4-5-7-14(12)20(3)19/h4-8,11H,9H2,1-3H3,(H,17,18). The third-order valence-electron chi connectivity index (χ3n) is 3.29. The zero-order valence-corrected chi connectivity index (χ0v) is 12.7. The zero-order valence-electron chi connectivity index (χ0n) is 11.8. The van der Waals surface area contributed by atoms with Gasteiger partial charge in [0.2, 0.25) is 5.91 Å². The Bertz CT molecular complexity index is 579. The Morgan fingerprint density at radius 1 is 1.50 bits per heavy atom. The SMILES string of the molecule is CC(=CC1=NNC(=O)CC1C)c1ccccc1[S+](C)[O-]. The molecule has 2 atom stereocenters. The average Bonchev–Trinajstić information content (AvgIpc) is 2.41. The maximum Gasteiger partial charge on any atom is 0.240 e. The van der Waals surface area contributed by atoms with E-state index >= 15 is 0 Å². The van der Waals surface area contributed by atoms with Crippen LogP contribution in [0, 0.1) is 5.92 Å². The Hall–Kier alpha value is -1.59. The third kappa shape index (κ3) is 3.29. The minimum absolute atomic E-state index is 0.0534. The number of amides is 1. The van der Waals surface area contributed by atoms with E-state index in [-0.39, 0.29) is 11.8 Å². The Balaban J connectivity index is 2.34. The fourth-order valence-corrected chi connectivity index (χ4v) is 2.99. The van der Waals surface area contributed by atoms with Gasteiger partial charge in [-0.05, 0) is 41.9 Å². The number of nitrogens with one attached hydrogen (secondary N) is 1. The summed E-state index contributed by atoms with van der Waals surface area (Å²) in [7, 11) is 0. The molecule has 0 spiro atoms. The second kappa shape index (κ2) is 6.24. The van der Waals surface area contributed by atoms with E-state index in [1.807, 2.05) is 44.2 Å². The summed E-state index contributed by atoms with van der Waals surface area (Å²) in [6, 6.07) is 7.64. The molecule has 1 heterocycles. The molecule has 0 aliphatic carbocycles. The van der Waals surface area contributed by atoms with Crippen molar-refractivity contribution in [2.45, 2.75) is 25.2 Å². The molecule has 5 heteroatoms. The Morgan fingerprint density at radius 3 is 2.85 bits per heavy atom. The number of nitrogens with zero attached hydrogens (tertiary/aromatic N) is 1. The van der Waals surface area contributed by atoms with E-state index in [0.717, 1.165) is 21.7 Å². The average molecular weight is 290 g/mol. The van der Waals surface area contributed by atoms with Gasteiger partial charge in [0, 0.05) is 17.9 Å². The monoisotopic (exact) mass is 290 g/mol. The van der Waals surface area contributed by atoms with Crippen LogP contribution in [0.2, 0.25) is 0 Å². The van der Waals surface area contributed by atoms with Crippen molar-refractivity contribution in [1.82, 2.24) is 5.43 Å². The fraction of sp³-hybridized carbons (Fsp3) is 0.333. The highest BCUT2D eigenvalue weighted by Crippen LogP contribution is 2.24. The van der Waals surface area contributed by atoms with Crippen LogP contribution < -0.4 is 5.43 Å². The highest BCUT2D eigenvalue weighted by atomic mass is 32.2. The molecular weight excluding hydrogens is 272 g/mol. The van der Waals surface area contributed by atoms with E-state index in [4.69, 9.17) is 0 Å². The van der Waals surface area contributed by atoms with Crippen molar-refractivity contribution in [1.29, 1.82) is 0 Å². The molecule has 1 N–H and O–H groups in total. The topological polar surface area (TPSA) is 64.5 Å². The number of hydrogen-bond acceptors (Lipinski definition) is 3. The summed E-state index contributed by atoms with van der Waals surface area (Å²) in [6.07, 6.45) is 4.08. The van der Waals surface area contributed by atoms with E-state index in [0.29, 0.717) is 6.42 Å². The van der Waals surface area contributed by atoms with Crippen LogP contribution in [-0.4, -0.2) is 22.4 Å². The zero-order chi connectivity index (χ0) is 14.7. The molecule has 1 aliphatic heterocycles. The van der Waals surface area contributed by atoms with Gasteiger partial charge in [0.1, 0.15) is 6.26 Å². The molecule has 20 heavy (non-hydrogen) atoms. The van der Waals surface area contributed by atoms with Crippen LogP contribution in [0.25, 0.3) is 5.57 Å². The smallest absolute Gasteiger partial charge is 0.240 e. The van der Waals surface area contributed by atoms with Crippen molar-refractivity contribution in [2.75, 3.05) is 6.26 Å². The summed E-state index contributed by atoms with van der Waals surface area (Å²) in [5.41, 5.74) is 5.30. The van der Waals surface area contributed by atoms with Gasteiger partial charge in [-0.3, -0.25) is 4.79 Å². The summed E-state index contributed by atoms with van der Waals surface area (Å²) in [4.78, 5) is 12.1. The number of rotatable bonds is 3. The number of allylic oxidation sites excluding steroid dienone is 2. The van der Waals surface area contributed by atoms with Crippen molar-refractivity contribution in [3.05, 3.63) is 35.9 Å². The first-order chi connectivity index (χ1) is 9.49. The molecule has 0 saturated carbocycles. The van der Waals surface area contributed by atoms with Gasteiger partial charge in [-0.1, -0.05) is 19.1 Å². The minimum atomic E-state index is -1.03. The van der Waals surface area contributed by atoms with Crippen LogP contribution in [0.5, 0.6) is 0 Å². The molecule has 1 aromatic carbocycles. The number of hydrazone groups is 1. The lowest BCUT2D eigenvalue weighted by molar-refractivity contribution is -0.121. The first kappa shape index (κ1) is 14.8. The molecule has 106 valence electrons. The van der Waals surface area contributed by atoms with Gasteiger partial charge in [-0.25, -0.2) is 5.43 Å². The van der Waals surface area contributed by atoms with Crippen LogP contribution in [0.3, 0.4) is 0 Å². The first-order valence-corrected chi connectivity index (χ1v) is 8.02. The molecule has 0 fully saturated rings. The van der Waals surface area contributed by atoms with Crippen LogP contribution in [0.4, 0.5) is 0 Å². The van der Waals surface area contributed by atoms with Crippen LogP contribution in [0.1, 0.15) is 25.8 Å². The third-order valence-corrected chi connectivity index (χ3v) is 4.27. The molecule has 0 radical (unpaired) electrons. The van der Waals surface area contributed by atoms with Crippen LogP contribution in [-0.2, 0) is 16.0 Å². The largest absolute Gasteiger partial charge is 0.612 e. The lowest BCUT2D eigenvalue weighted by Gasteiger charge is -2.17. The highest BCUT2D eigenvalue weighted by molar-refractivity contribution is 7.90. The molecule has 1 aromatic rings. The summed E-state index contributed by atoms with van der Waals surface area (Å²) in [6.45, 7) is 3.95. The van der Waals surface area contributed by atoms with Gasteiger partial charge >= 0.3 is 0 Å². The summed E-state index contributed by atoms with van der Waals surface area (Å²) in [5.74, 6) is 0.0420. The maximum absolute atomic E-state index is 11.8. The molecule has 0 bridgehead atoms. The number of carbonyl (C=O) groups excluding carboxylic acids is 1. The molecule has 4 nitrogen and oxygen atoms in total. The number of benzene rings is 1. The normalized spacial score (nSPS) is 21.2. The molecule has 2 rings (SSSR count). The van der Waals surface area contributed by atoms with E-state index < -0.39 is 11.2 Å². The van der Waals surface area contributed by atoms with Crippen LogP contribution in [0.15, 0.2) is 40.3 Å². The molecule has 1 amide bonds. The van der Waals surface area contributed by atoms with E-state index in [9.17, 15) is 9.35 Å². The fourth-order valence-electron chi connectivity index (χ4n) is 2.18. The van der Waals surface area contributed by atoms with Crippen molar-refractivity contribution in [3.63, 3.8) is 0 Å². The Labute approximate surface area is 122 Å². The highest BCUT2D eigenvalue weighted by Gasteiger charge is 2.20. The molecule has 2 unspecified atom stereocenters. The van der Waals surface area contributed by atoms with Gasteiger partial charge in [0.05, 0.1) is 5.71 Å². The lowest BCUT2D eigenvalue weighted by Crippen LogP contribution is -2.30. The first-order valence-electron chi connectivity index (χ1n) is 6.46. The van der Waals surface area contributed by atoms with Crippen molar-refractivity contribution in [3.8, 4) is 0 Å². The second-order valence-corrected chi connectivity index (χ2v) is 6.30. The predicted octanol–water partition coefficient (Wildman–Crippen LogP) is 2.34. The summed E-state index contributed by atoms with van der Waals surface area (Å²) >= 11 is -1.03. The quantitative estimate of drug-likeness (QED) is 0.868. The van der Waals surface area contributed by atoms with Crippen LogP contribution >= 0.6 is 0 Å². The number of carbonyl (C=O) groups is 1. The minimum Gasteiger partial charge on any atom is -0.612 e. The van der Waals surface area contributed by atoms with E-state index in [1.54, 1.807) is 6.26 Å². The lowest BCUT2D eigenvalue weighted by atomic mass is 9.96. The Morgan fingerprint density at radius 2 is 2.20 bits per heavy atom. The molecule has 1 aliphatic rings. The van der Waals surface area contributed by atoms with Crippen molar-refractivity contribution in [2.24, 2.45) is 11.0 Å². The van der Waals surface area contributed by atoms with Gasteiger partial charge < -0.3 is 4.55 Å². The second-order valence-electron chi connectivity index (χ2n) is 4.95. The summed E-state index contributed by atoms with van der Waals surface area (Å²) < 4.78 is 11.8. The van der Waals surface area contributed by atoms with Crippen molar-refractivity contribution >= 4 is 28.4 Å². The number of hydrogen-bond donors (Lipinski definition) is 1. The van der Waals surface area contributed by atoms with E-state index in [1.165, 1.54) is 0 Å².